The summed E-state index contributed by atoms with van der Waals surface area (Å²) in [4.78, 5) is 11.8. The summed E-state index contributed by atoms with van der Waals surface area (Å²) in [5.41, 5.74) is 0. The largest absolute Gasteiger partial charge is 0.355 e. The van der Waals surface area contributed by atoms with Crippen molar-refractivity contribution in [2.24, 2.45) is 0 Å². The van der Waals surface area contributed by atoms with Gasteiger partial charge in [-0.15, -0.1) is 0 Å². The van der Waals surface area contributed by atoms with Crippen LogP contribution in [0, 0.1) is 0 Å². The van der Waals surface area contributed by atoms with Crippen LogP contribution in [-0.2, 0) is 4.79 Å². The van der Waals surface area contributed by atoms with Crippen molar-refractivity contribution in [1.82, 2.24) is 10.6 Å². The fourth-order valence-electron chi connectivity index (χ4n) is 2.97. The van der Waals surface area contributed by atoms with Crippen molar-refractivity contribution in [2.75, 3.05) is 6.54 Å². The van der Waals surface area contributed by atoms with E-state index >= 15 is 0 Å². The van der Waals surface area contributed by atoms with Gasteiger partial charge in [-0.2, -0.15) is 0 Å². The fourth-order valence-corrected chi connectivity index (χ4v) is 2.97. The quantitative estimate of drug-likeness (QED) is 0.599. The number of hydrogen-bond donors (Lipinski definition) is 2. The lowest BCUT2D eigenvalue weighted by Gasteiger charge is -2.28. The maximum atomic E-state index is 11.8. The molecule has 0 saturated carbocycles. The average molecular weight is 282 g/mol. The first-order valence-electron chi connectivity index (χ1n) is 8.75. The maximum absolute atomic E-state index is 11.8. The highest BCUT2D eigenvalue weighted by atomic mass is 16.1. The van der Waals surface area contributed by atoms with Crippen LogP contribution in [-0.4, -0.2) is 24.5 Å². The van der Waals surface area contributed by atoms with Gasteiger partial charge in [-0.25, -0.2) is 0 Å². The molecule has 1 fully saturated rings. The van der Waals surface area contributed by atoms with Crippen LogP contribution in [0.4, 0.5) is 0 Å². The van der Waals surface area contributed by atoms with Crippen LogP contribution in [0.5, 0.6) is 0 Å². The first-order valence-corrected chi connectivity index (χ1v) is 8.75. The molecule has 0 bridgehead atoms. The lowest BCUT2D eigenvalue weighted by atomic mass is 9.99. The van der Waals surface area contributed by atoms with Gasteiger partial charge in [0.05, 0.1) is 0 Å². The molecule has 0 aromatic rings. The minimum Gasteiger partial charge on any atom is -0.355 e. The molecule has 0 aliphatic carbocycles. The van der Waals surface area contributed by atoms with Crippen molar-refractivity contribution in [1.29, 1.82) is 0 Å². The van der Waals surface area contributed by atoms with Gasteiger partial charge in [-0.3, -0.25) is 4.79 Å². The van der Waals surface area contributed by atoms with Gasteiger partial charge in [0.1, 0.15) is 0 Å². The molecule has 3 heteroatoms. The molecule has 2 N–H and O–H groups in total. The molecule has 20 heavy (non-hydrogen) atoms. The fraction of sp³-hybridized carbons (Fsp3) is 0.941. The lowest BCUT2D eigenvalue weighted by Crippen LogP contribution is -2.47. The number of amides is 1. The molecule has 0 aromatic carbocycles. The zero-order chi connectivity index (χ0) is 14.6. The summed E-state index contributed by atoms with van der Waals surface area (Å²) in [6.07, 6.45) is 13.3. The molecular weight excluding hydrogens is 248 g/mol. The van der Waals surface area contributed by atoms with Gasteiger partial charge in [0, 0.05) is 25.0 Å². The summed E-state index contributed by atoms with van der Waals surface area (Å²) >= 11 is 0. The van der Waals surface area contributed by atoms with Gasteiger partial charge in [-0.05, 0) is 26.2 Å². The van der Waals surface area contributed by atoms with Gasteiger partial charge in [0.25, 0.3) is 0 Å². The van der Waals surface area contributed by atoms with E-state index in [4.69, 9.17) is 0 Å². The molecule has 1 amide bonds. The molecule has 0 radical (unpaired) electrons. The van der Waals surface area contributed by atoms with Crippen LogP contribution in [0.15, 0.2) is 0 Å². The van der Waals surface area contributed by atoms with Gasteiger partial charge in [0.2, 0.25) is 5.91 Å². The van der Waals surface area contributed by atoms with E-state index in [1.54, 1.807) is 0 Å². The van der Waals surface area contributed by atoms with Gasteiger partial charge in [-0.1, -0.05) is 51.9 Å². The zero-order valence-electron chi connectivity index (χ0n) is 13.5. The first-order chi connectivity index (χ1) is 9.72. The normalized spacial score (nSPS) is 22.7. The van der Waals surface area contributed by atoms with E-state index < -0.39 is 0 Å². The molecule has 0 aromatic heterocycles. The Morgan fingerprint density at radius 3 is 2.50 bits per heavy atom. The minimum atomic E-state index is 0.235. The Hall–Kier alpha value is -0.570. The number of piperidine rings is 1. The average Bonchev–Trinajstić information content (AvgIpc) is 2.44. The number of carbonyl (C=O) groups is 1. The van der Waals surface area contributed by atoms with E-state index in [2.05, 4.69) is 24.5 Å². The summed E-state index contributed by atoms with van der Waals surface area (Å²) in [5, 5.41) is 6.64. The maximum Gasteiger partial charge on any atom is 0.220 e. The van der Waals surface area contributed by atoms with E-state index in [9.17, 15) is 4.79 Å². The standard InChI is InChI=1S/C17H34N2O/c1-3-4-5-6-7-8-9-13-17(20)18-14-16-12-10-11-15(2)19-16/h15-16,19H,3-14H2,1-2H3,(H,18,20). The second kappa shape index (κ2) is 11.1. The Kier molecular flexibility index (Phi) is 9.73. The Balaban J connectivity index is 1.92. The third-order valence-corrected chi connectivity index (χ3v) is 4.26. The highest BCUT2D eigenvalue weighted by Gasteiger charge is 2.17. The Morgan fingerprint density at radius 2 is 1.80 bits per heavy atom. The van der Waals surface area contributed by atoms with Gasteiger partial charge >= 0.3 is 0 Å². The van der Waals surface area contributed by atoms with E-state index in [1.807, 2.05) is 0 Å². The van der Waals surface area contributed by atoms with E-state index in [0.717, 1.165) is 13.0 Å². The van der Waals surface area contributed by atoms with Gasteiger partial charge < -0.3 is 10.6 Å². The monoisotopic (exact) mass is 282 g/mol. The zero-order valence-corrected chi connectivity index (χ0v) is 13.5. The third kappa shape index (κ3) is 8.57. The van der Waals surface area contributed by atoms with Crippen LogP contribution in [0.3, 0.4) is 0 Å². The molecule has 0 spiro atoms. The van der Waals surface area contributed by atoms with Crippen LogP contribution in [0.25, 0.3) is 0 Å². The van der Waals surface area contributed by atoms with Crippen LogP contribution in [0.2, 0.25) is 0 Å². The number of hydrogen-bond acceptors (Lipinski definition) is 2. The van der Waals surface area contributed by atoms with Crippen molar-refractivity contribution < 1.29 is 4.79 Å². The molecule has 118 valence electrons. The van der Waals surface area contributed by atoms with E-state index in [1.165, 1.54) is 57.8 Å². The topological polar surface area (TPSA) is 41.1 Å². The summed E-state index contributed by atoms with van der Waals surface area (Å²) < 4.78 is 0. The molecule has 1 heterocycles. The van der Waals surface area contributed by atoms with Crippen molar-refractivity contribution in [3.63, 3.8) is 0 Å². The smallest absolute Gasteiger partial charge is 0.220 e. The summed E-state index contributed by atoms with van der Waals surface area (Å²) in [6.45, 7) is 5.28. The summed E-state index contributed by atoms with van der Waals surface area (Å²) in [6, 6.07) is 1.09. The molecule has 1 aliphatic heterocycles. The molecule has 3 nitrogen and oxygen atoms in total. The Labute approximate surface area is 125 Å². The van der Waals surface area contributed by atoms with Crippen LogP contribution >= 0.6 is 0 Å². The molecule has 1 aliphatic rings. The Bertz CT molecular complexity index is 255. The van der Waals surface area contributed by atoms with E-state index in [0.29, 0.717) is 18.5 Å². The molecule has 1 saturated heterocycles. The molecule has 2 unspecified atom stereocenters. The van der Waals surface area contributed by atoms with Crippen molar-refractivity contribution in [2.45, 2.75) is 96.6 Å². The first kappa shape index (κ1) is 17.5. The van der Waals surface area contributed by atoms with Crippen molar-refractivity contribution in [3.8, 4) is 0 Å². The number of unbranched alkanes of at least 4 members (excludes halogenated alkanes) is 6. The highest BCUT2D eigenvalue weighted by molar-refractivity contribution is 5.75. The van der Waals surface area contributed by atoms with Crippen LogP contribution in [0.1, 0.15) is 84.5 Å². The molecule has 1 rings (SSSR count). The van der Waals surface area contributed by atoms with Crippen molar-refractivity contribution >= 4 is 5.91 Å². The second-order valence-electron chi connectivity index (χ2n) is 6.37. The third-order valence-electron chi connectivity index (χ3n) is 4.26. The number of carbonyl (C=O) groups excluding carboxylic acids is 1. The SMILES string of the molecule is CCCCCCCCCC(=O)NCC1CCCC(C)N1. The summed E-state index contributed by atoms with van der Waals surface area (Å²) in [7, 11) is 0. The molecular formula is C17H34N2O. The molecule has 2 atom stereocenters. The highest BCUT2D eigenvalue weighted by Crippen LogP contribution is 2.12. The van der Waals surface area contributed by atoms with E-state index in [-0.39, 0.29) is 5.91 Å². The Morgan fingerprint density at radius 1 is 1.10 bits per heavy atom. The predicted molar refractivity (Wildman–Crippen MR) is 85.9 cm³/mol. The summed E-state index contributed by atoms with van der Waals surface area (Å²) in [5.74, 6) is 0.235. The second-order valence-corrected chi connectivity index (χ2v) is 6.37. The lowest BCUT2D eigenvalue weighted by molar-refractivity contribution is -0.121. The number of nitrogens with one attached hydrogen (secondary N) is 2. The predicted octanol–water partition coefficient (Wildman–Crippen LogP) is 3.77. The minimum absolute atomic E-state index is 0.235. The number of rotatable bonds is 10. The van der Waals surface area contributed by atoms with Gasteiger partial charge in [0.15, 0.2) is 0 Å². The van der Waals surface area contributed by atoms with Crippen LogP contribution < -0.4 is 10.6 Å². The van der Waals surface area contributed by atoms with Crippen molar-refractivity contribution in [3.05, 3.63) is 0 Å².